The molecule has 5 heteroatoms. The summed E-state index contributed by atoms with van der Waals surface area (Å²) < 4.78 is 25.0. The van der Waals surface area contributed by atoms with Gasteiger partial charge < -0.3 is 20.1 Å². The molecule has 0 saturated carbocycles. The van der Waals surface area contributed by atoms with Crippen LogP contribution in [0.1, 0.15) is 44.7 Å². The highest BCUT2D eigenvalue weighted by Gasteiger charge is 2.28. The Hall–Kier alpha value is -2.27. The minimum absolute atomic E-state index is 0.121. The van der Waals surface area contributed by atoms with E-state index in [4.69, 9.17) is 9.47 Å². The number of fused-ring (bicyclic) bond motifs is 1. The van der Waals surface area contributed by atoms with E-state index in [1.165, 1.54) is 5.56 Å². The molecule has 1 aliphatic carbocycles. The van der Waals surface area contributed by atoms with Crippen molar-refractivity contribution in [3.63, 3.8) is 0 Å². The summed E-state index contributed by atoms with van der Waals surface area (Å²) in [6.45, 7) is 4.54. The average molecular weight is 401 g/mol. The molecule has 3 unspecified atom stereocenters. The lowest BCUT2D eigenvalue weighted by atomic mass is 9.86. The second-order valence-electron chi connectivity index (χ2n) is 7.65. The van der Waals surface area contributed by atoms with Gasteiger partial charge in [0.1, 0.15) is 12.4 Å². The van der Waals surface area contributed by atoms with Crippen molar-refractivity contribution >= 4 is 5.69 Å². The van der Waals surface area contributed by atoms with E-state index >= 15 is 0 Å². The van der Waals surface area contributed by atoms with Crippen molar-refractivity contribution in [2.45, 2.75) is 45.3 Å². The summed E-state index contributed by atoms with van der Waals surface area (Å²) in [6, 6.07) is 8.55. The number of hydrogen-bond donors (Lipinski definition) is 2. The summed E-state index contributed by atoms with van der Waals surface area (Å²) in [5.74, 6) is 1.09. The fourth-order valence-corrected chi connectivity index (χ4v) is 3.71. The van der Waals surface area contributed by atoms with Crippen LogP contribution < -0.4 is 10.6 Å². The van der Waals surface area contributed by atoms with Gasteiger partial charge in [-0.05, 0) is 43.5 Å². The monoisotopic (exact) mass is 400 g/mol. The maximum absolute atomic E-state index is 13.4. The number of ether oxygens (including phenoxy) is 2. The van der Waals surface area contributed by atoms with Gasteiger partial charge in [-0.3, -0.25) is 0 Å². The van der Waals surface area contributed by atoms with Crippen LogP contribution in [-0.2, 0) is 9.47 Å². The number of rotatable bonds is 10. The first-order valence-electron chi connectivity index (χ1n) is 10.6. The number of unbranched alkanes of at least 4 members (excludes halogenated alkanes) is 1. The Labute approximate surface area is 173 Å². The number of benzene rings is 1. The number of allylic oxidation sites excluding steroid dienone is 3. The van der Waals surface area contributed by atoms with Crippen LogP contribution in [0.5, 0.6) is 0 Å². The lowest BCUT2D eigenvalue weighted by Gasteiger charge is -2.34. The van der Waals surface area contributed by atoms with Crippen LogP contribution in [0.3, 0.4) is 0 Å². The van der Waals surface area contributed by atoms with Crippen molar-refractivity contribution in [2.75, 3.05) is 32.3 Å². The van der Waals surface area contributed by atoms with Crippen molar-refractivity contribution in [2.24, 2.45) is 5.92 Å². The van der Waals surface area contributed by atoms with Gasteiger partial charge in [-0.25, -0.2) is 4.39 Å². The van der Waals surface area contributed by atoms with Gasteiger partial charge in [-0.1, -0.05) is 37.6 Å². The van der Waals surface area contributed by atoms with Crippen molar-refractivity contribution in [1.29, 1.82) is 0 Å². The first-order chi connectivity index (χ1) is 14.2. The van der Waals surface area contributed by atoms with Crippen molar-refractivity contribution in [3.05, 3.63) is 65.1 Å². The first kappa shape index (κ1) is 21.4. The molecule has 2 aliphatic rings. The summed E-state index contributed by atoms with van der Waals surface area (Å²) >= 11 is 0. The van der Waals surface area contributed by atoms with E-state index in [2.05, 4.69) is 60.1 Å². The second-order valence-corrected chi connectivity index (χ2v) is 7.65. The van der Waals surface area contributed by atoms with E-state index in [1.54, 1.807) is 0 Å². The lowest BCUT2D eigenvalue weighted by Crippen LogP contribution is -2.31. The van der Waals surface area contributed by atoms with E-state index < -0.39 is 12.8 Å². The third-order valence-electron chi connectivity index (χ3n) is 5.52. The molecule has 0 aromatic heterocycles. The highest BCUT2D eigenvalue weighted by Crippen LogP contribution is 2.36. The summed E-state index contributed by atoms with van der Waals surface area (Å²) in [6.07, 6.45) is 8.91. The topological polar surface area (TPSA) is 42.5 Å². The molecule has 29 heavy (non-hydrogen) atoms. The molecule has 0 saturated heterocycles. The van der Waals surface area contributed by atoms with E-state index in [1.807, 2.05) is 14.0 Å². The minimum atomic E-state index is -0.561. The van der Waals surface area contributed by atoms with Crippen LogP contribution in [0.4, 0.5) is 10.1 Å². The maximum atomic E-state index is 13.4. The number of hydrogen-bond acceptors (Lipinski definition) is 4. The molecule has 158 valence electrons. The molecule has 1 aromatic rings. The Morgan fingerprint density at radius 3 is 2.72 bits per heavy atom. The van der Waals surface area contributed by atoms with Gasteiger partial charge in [0.05, 0.1) is 12.6 Å². The normalized spacial score (nSPS) is 21.9. The lowest BCUT2D eigenvalue weighted by molar-refractivity contribution is 0.00427. The quantitative estimate of drug-likeness (QED) is 0.414. The Bertz CT molecular complexity index is 755. The SMILES string of the molecule is CCCCOCC(CF)OC1=CCC2C=CC(c3ccc(NC)cc3)NC2=C1C. The second kappa shape index (κ2) is 10.5. The predicted octanol–water partition coefficient (Wildman–Crippen LogP) is 5.28. The molecule has 0 spiro atoms. The van der Waals surface area contributed by atoms with Gasteiger partial charge in [-0.15, -0.1) is 0 Å². The fourth-order valence-electron chi connectivity index (χ4n) is 3.71. The molecule has 1 aliphatic heterocycles. The van der Waals surface area contributed by atoms with Crippen LogP contribution >= 0.6 is 0 Å². The Morgan fingerprint density at radius 1 is 1.24 bits per heavy atom. The molecular weight excluding hydrogens is 367 g/mol. The zero-order valence-corrected chi connectivity index (χ0v) is 17.7. The minimum Gasteiger partial charge on any atom is -0.485 e. The van der Waals surface area contributed by atoms with E-state index in [9.17, 15) is 4.39 Å². The Morgan fingerprint density at radius 2 is 2.03 bits per heavy atom. The molecule has 4 nitrogen and oxygen atoms in total. The third kappa shape index (κ3) is 5.41. The van der Waals surface area contributed by atoms with Gasteiger partial charge in [0, 0.05) is 36.5 Å². The number of nitrogens with one attached hydrogen (secondary N) is 2. The van der Waals surface area contributed by atoms with Crippen molar-refractivity contribution in [3.8, 4) is 0 Å². The summed E-state index contributed by atoms with van der Waals surface area (Å²) in [7, 11) is 1.92. The summed E-state index contributed by atoms with van der Waals surface area (Å²) in [4.78, 5) is 0. The van der Waals surface area contributed by atoms with E-state index in [0.717, 1.165) is 42.0 Å². The number of halogens is 1. The van der Waals surface area contributed by atoms with Crippen LogP contribution in [0.15, 0.2) is 59.5 Å². The molecule has 2 N–H and O–H groups in total. The van der Waals surface area contributed by atoms with Crippen molar-refractivity contribution < 1.29 is 13.9 Å². The van der Waals surface area contributed by atoms with Gasteiger partial charge >= 0.3 is 0 Å². The molecule has 0 radical (unpaired) electrons. The third-order valence-corrected chi connectivity index (χ3v) is 5.52. The smallest absolute Gasteiger partial charge is 0.150 e. The molecule has 3 rings (SSSR count). The number of anilines is 1. The highest BCUT2D eigenvalue weighted by molar-refractivity contribution is 5.46. The zero-order chi connectivity index (χ0) is 20.6. The Balaban J connectivity index is 1.67. The highest BCUT2D eigenvalue weighted by atomic mass is 19.1. The molecule has 0 bridgehead atoms. The molecule has 1 heterocycles. The van der Waals surface area contributed by atoms with Gasteiger partial charge in [0.2, 0.25) is 0 Å². The molecule has 0 fully saturated rings. The van der Waals surface area contributed by atoms with Crippen LogP contribution in [0.25, 0.3) is 0 Å². The Kier molecular flexibility index (Phi) is 7.76. The largest absolute Gasteiger partial charge is 0.485 e. The molecule has 0 amide bonds. The van der Waals surface area contributed by atoms with Gasteiger partial charge in [0.15, 0.2) is 6.10 Å². The molecular formula is C24H33FN2O2. The molecule has 1 aromatic carbocycles. The zero-order valence-electron chi connectivity index (χ0n) is 17.7. The summed E-state index contributed by atoms with van der Waals surface area (Å²) in [5.41, 5.74) is 4.52. The van der Waals surface area contributed by atoms with Crippen molar-refractivity contribution in [1.82, 2.24) is 5.32 Å². The predicted molar refractivity (Wildman–Crippen MR) is 116 cm³/mol. The average Bonchev–Trinajstić information content (AvgIpc) is 2.77. The van der Waals surface area contributed by atoms with Crippen LogP contribution in [-0.4, -0.2) is 33.0 Å². The molecule has 3 atom stereocenters. The van der Waals surface area contributed by atoms with E-state index in [-0.39, 0.29) is 12.6 Å². The first-order valence-corrected chi connectivity index (χ1v) is 10.6. The maximum Gasteiger partial charge on any atom is 0.150 e. The van der Waals surface area contributed by atoms with Crippen LogP contribution in [0, 0.1) is 5.92 Å². The standard InChI is InChI=1S/C24H33FN2O2/c1-4-5-14-28-16-21(15-25)29-23-13-9-19-8-12-22(27-24(19)17(23)2)18-6-10-20(26-3)11-7-18/h6-8,10-13,19,21-22,26-27H,4-5,9,14-16H2,1-3H3. The van der Waals surface area contributed by atoms with Gasteiger partial charge in [-0.2, -0.15) is 0 Å². The van der Waals surface area contributed by atoms with Gasteiger partial charge in [0.25, 0.3) is 0 Å². The summed E-state index contributed by atoms with van der Waals surface area (Å²) in [5, 5.41) is 6.81. The van der Waals surface area contributed by atoms with E-state index in [0.29, 0.717) is 12.5 Å². The van der Waals surface area contributed by atoms with Crippen LogP contribution in [0.2, 0.25) is 0 Å². The fraction of sp³-hybridized carbons (Fsp3) is 0.500. The number of alkyl halides is 1.